The zero-order valence-corrected chi connectivity index (χ0v) is 5.97. The second-order valence-electron chi connectivity index (χ2n) is 2.08. The summed E-state index contributed by atoms with van der Waals surface area (Å²) in [5, 5.41) is 0. The first kappa shape index (κ1) is 7.56. The number of rotatable bonds is 1. The maximum absolute atomic E-state index is 12.5. The van der Waals surface area contributed by atoms with E-state index in [0.717, 1.165) is 5.56 Å². The lowest BCUT2D eigenvalue weighted by molar-refractivity contribution is 0.627. The average molecular weight is 146 g/mol. The molecule has 0 aromatic heterocycles. The fourth-order valence-corrected chi connectivity index (χ4v) is 0.831. The molecule has 0 radical (unpaired) electrons. The van der Waals surface area contributed by atoms with Gasteiger partial charge < -0.3 is 0 Å². The molecule has 1 rings (SSSR count). The van der Waals surface area contributed by atoms with Gasteiger partial charge in [-0.1, -0.05) is 24.6 Å². The molecule has 0 fully saturated rings. The molecular formula is C10H7F. The second-order valence-corrected chi connectivity index (χ2v) is 2.08. The van der Waals surface area contributed by atoms with Gasteiger partial charge in [-0.25, -0.2) is 4.39 Å². The van der Waals surface area contributed by atoms with Crippen LogP contribution in [0.5, 0.6) is 0 Å². The van der Waals surface area contributed by atoms with Crippen LogP contribution in [0, 0.1) is 18.2 Å². The third kappa shape index (κ3) is 1.47. The maximum Gasteiger partial charge on any atom is 0.124 e. The van der Waals surface area contributed by atoms with E-state index >= 15 is 0 Å². The van der Waals surface area contributed by atoms with Crippen molar-refractivity contribution in [1.29, 1.82) is 0 Å². The number of hydrogen-bond acceptors (Lipinski definition) is 0. The molecule has 0 nitrogen and oxygen atoms in total. The van der Waals surface area contributed by atoms with Gasteiger partial charge >= 0.3 is 0 Å². The van der Waals surface area contributed by atoms with E-state index in [0.29, 0.717) is 5.56 Å². The van der Waals surface area contributed by atoms with Gasteiger partial charge in [0.15, 0.2) is 0 Å². The minimum atomic E-state index is -0.316. The van der Waals surface area contributed by atoms with Gasteiger partial charge in [0.1, 0.15) is 5.82 Å². The van der Waals surface area contributed by atoms with Gasteiger partial charge in [0, 0.05) is 5.56 Å². The van der Waals surface area contributed by atoms with Crippen LogP contribution in [0.25, 0.3) is 6.08 Å². The summed E-state index contributed by atoms with van der Waals surface area (Å²) in [7, 11) is 0. The topological polar surface area (TPSA) is 0 Å². The number of benzene rings is 1. The summed E-state index contributed by atoms with van der Waals surface area (Å²) < 4.78 is 12.5. The molecule has 0 spiro atoms. The predicted octanol–water partition coefficient (Wildman–Crippen LogP) is 2.45. The smallest absolute Gasteiger partial charge is 0.124 e. The summed E-state index contributed by atoms with van der Waals surface area (Å²) in [4.78, 5) is 0. The lowest BCUT2D eigenvalue weighted by Gasteiger charge is -1.96. The Kier molecular flexibility index (Phi) is 2.08. The van der Waals surface area contributed by atoms with E-state index in [1.54, 1.807) is 12.1 Å². The number of terminal acetylenes is 1. The average Bonchev–Trinajstić information content (AvgIpc) is 2.04. The Balaban J connectivity index is 3.30. The van der Waals surface area contributed by atoms with Crippen LogP contribution in [-0.2, 0) is 0 Å². The molecular weight excluding hydrogens is 139 g/mol. The Hall–Kier alpha value is -1.55. The first-order valence-electron chi connectivity index (χ1n) is 3.16. The molecule has 11 heavy (non-hydrogen) atoms. The van der Waals surface area contributed by atoms with Crippen molar-refractivity contribution in [3.8, 4) is 12.3 Å². The molecule has 0 amide bonds. The van der Waals surface area contributed by atoms with Gasteiger partial charge in [-0.2, -0.15) is 0 Å². The summed E-state index contributed by atoms with van der Waals surface area (Å²) in [5.41, 5.74) is 1.33. The normalized spacial score (nSPS) is 8.73. The largest absolute Gasteiger partial charge is 0.207 e. The van der Waals surface area contributed by atoms with Crippen LogP contribution in [0.4, 0.5) is 4.39 Å². The van der Waals surface area contributed by atoms with Crippen molar-refractivity contribution >= 4 is 6.08 Å². The van der Waals surface area contributed by atoms with E-state index in [1.807, 2.05) is 0 Å². The predicted molar refractivity (Wildman–Crippen MR) is 44.4 cm³/mol. The highest BCUT2D eigenvalue weighted by atomic mass is 19.1. The van der Waals surface area contributed by atoms with Crippen LogP contribution in [0.1, 0.15) is 11.1 Å². The summed E-state index contributed by atoms with van der Waals surface area (Å²) >= 11 is 0. The molecule has 1 aromatic rings. The van der Waals surface area contributed by atoms with Gasteiger partial charge in [0.05, 0.1) is 0 Å². The summed E-state index contributed by atoms with van der Waals surface area (Å²) in [6, 6.07) is 4.28. The molecule has 0 aliphatic carbocycles. The zero-order valence-electron chi connectivity index (χ0n) is 5.97. The first-order valence-corrected chi connectivity index (χ1v) is 3.16. The van der Waals surface area contributed by atoms with Crippen LogP contribution in [0.3, 0.4) is 0 Å². The molecule has 0 N–H and O–H groups in total. The zero-order chi connectivity index (χ0) is 8.27. The van der Waals surface area contributed by atoms with Crippen molar-refractivity contribution in [3.05, 3.63) is 41.7 Å². The first-order chi connectivity index (χ1) is 5.27. The lowest BCUT2D eigenvalue weighted by Crippen LogP contribution is -1.82. The molecule has 0 saturated carbocycles. The van der Waals surface area contributed by atoms with E-state index in [2.05, 4.69) is 12.5 Å². The fraction of sp³-hybridized carbons (Fsp3) is 0. The molecule has 1 aromatic carbocycles. The Labute approximate surface area is 65.4 Å². The van der Waals surface area contributed by atoms with E-state index in [4.69, 9.17) is 6.42 Å². The Morgan fingerprint density at radius 2 is 2.27 bits per heavy atom. The minimum absolute atomic E-state index is 0.316. The third-order valence-electron chi connectivity index (χ3n) is 1.39. The minimum Gasteiger partial charge on any atom is -0.207 e. The third-order valence-corrected chi connectivity index (χ3v) is 1.39. The molecule has 54 valence electrons. The standard InChI is InChI=1S/C10H7F/c1-3-8-5-6-10(11)7-9(8)4-2/h2-3,5-7H,1H2. The second kappa shape index (κ2) is 3.03. The quantitative estimate of drug-likeness (QED) is 0.534. The van der Waals surface area contributed by atoms with E-state index in [1.165, 1.54) is 12.1 Å². The Bertz CT molecular complexity index is 318. The highest BCUT2D eigenvalue weighted by Crippen LogP contribution is 2.10. The van der Waals surface area contributed by atoms with E-state index in [-0.39, 0.29) is 5.82 Å². The Morgan fingerprint density at radius 3 is 2.82 bits per heavy atom. The Morgan fingerprint density at radius 1 is 1.55 bits per heavy atom. The van der Waals surface area contributed by atoms with Crippen LogP contribution in [-0.4, -0.2) is 0 Å². The summed E-state index contributed by atoms with van der Waals surface area (Å²) in [6.45, 7) is 3.55. The van der Waals surface area contributed by atoms with Crippen molar-refractivity contribution in [3.63, 3.8) is 0 Å². The van der Waals surface area contributed by atoms with Crippen molar-refractivity contribution in [2.24, 2.45) is 0 Å². The van der Waals surface area contributed by atoms with Gasteiger partial charge in [0.2, 0.25) is 0 Å². The van der Waals surface area contributed by atoms with Gasteiger partial charge in [-0.3, -0.25) is 0 Å². The molecule has 0 aliphatic heterocycles. The van der Waals surface area contributed by atoms with E-state index < -0.39 is 0 Å². The van der Waals surface area contributed by atoms with Gasteiger partial charge in [-0.15, -0.1) is 6.42 Å². The van der Waals surface area contributed by atoms with Crippen LogP contribution in [0.2, 0.25) is 0 Å². The van der Waals surface area contributed by atoms with Crippen LogP contribution >= 0.6 is 0 Å². The summed E-state index contributed by atoms with van der Waals surface area (Å²) in [5.74, 6) is 2.06. The highest BCUT2D eigenvalue weighted by Gasteiger charge is 1.96. The van der Waals surface area contributed by atoms with Gasteiger partial charge in [0.25, 0.3) is 0 Å². The van der Waals surface area contributed by atoms with Crippen molar-refractivity contribution < 1.29 is 4.39 Å². The molecule has 0 heterocycles. The summed E-state index contributed by atoms with van der Waals surface area (Å²) in [6.07, 6.45) is 6.74. The van der Waals surface area contributed by atoms with Crippen molar-refractivity contribution in [2.75, 3.05) is 0 Å². The number of halogens is 1. The fourth-order valence-electron chi connectivity index (χ4n) is 0.831. The van der Waals surface area contributed by atoms with E-state index in [9.17, 15) is 4.39 Å². The molecule has 0 aliphatic rings. The lowest BCUT2D eigenvalue weighted by atomic mass is 10.1. The molecule has 0 bridgehead atoms. The molecule has 0 unspecified atom stereocenters. The molecule has 0 saturated heterocycles. The molecule has 1 heteroatoms. The molecule has 0 atom stereocenters. The monoisotopic (exact) mass is 146 g/mol. The SMILES string of the molecule is C#Cc1cc(F)ccc1C=C. The van der Waals surface area contributed by atoms with Crippen molar-refractivity contribution in [2.45, 2.75) is 0 Å². The van der Waals surface area contributed by atoms with Crippen molar-refractivity contribution in [1.82, 2.24) is 0 Å². The highest BCUT2D eigenvalue weighted by molar-refractivity contribution is 5.57. The number of hydrogen-bond donors (Lipinski definition) is 0. The van der Waals surface area contributed by atoms with Crippen LogP contribution in [0.15, 0.2) is 24.8 Å². The maximum atomic E-state index is 12.5. The van der Waals surface area contributed by atoms with Gasteiger partial charge in [-0.05, 0) is 17.7 Å². The van der Waals surface area contributed by atoms with Crippen LogP contribution < -0.4 is 0 Å².